The number of carbonyl (C=O) groups excluding carboxylic acids is 1. The van der Waals surface area contributed by atoms with Gasteiger partial charge >= 0.3 is 6.18 Å². The monoisotopic (exact) mass is 333 g/mol. The van der Waals surface area contributed by atoms with E-state index in [1.807, 2.05) is 6.92 Å². The van der Waals surface area contributed by atoms with Crippen LogP contribution in [0.4, 0.5) is 13.2 Å². The number of morpholine rings is 1. The van der Waals surface area contributed by atoms with Crippen LogP contribution in [0.15, 0.2) is 4.79 Å². The van der Waals surface area contributed by atoms with Gasteiger partial charge in [0.05, 0.1) is 19.6 Å². The Kier molecular flexibility index (Phi) is 5.08. The van der Waals surface area contributed by atoms with E-state index in [-0.39, 0.29) is 25.1 Å². The number of hydrogen-bond donors (Lipinski definition) is 1. The number of nitrogens with zero attached hydrogens (tertiary/aromatic N) is 2. The molecule has 0 aliphatic carbocycles. The maximum Gasteiger partial charge on any atom is 0.416 e. The second-order valence-corrected chi connectivity index (χ2v) is 5.35. The van der Waals surface area contributed by atoms with E-state index in [0.717, 1.165) is 4.90 Å². The predicted molar refractivity (Wildman–Crippen MR) is 75.1 cm³/mol. The number of nitrogens with one attached hydrogen (secondary N) is 1. The van der Waals surface area contributed by atoms with Crippen LogP contribution in [0.3, 0.4) is 0 Å². The fourth-order valence-corrected chi connectivity index (χ4v) is 2.38. The summed E-state index contributed by atoms with van der Waals surface area (Å²) < 4.78 is 42.7. The molecule has 1 N–H and O–H groups in total. The van der Waals surface area contributed by atoms with E-state index in [1.54, 1.807) is 6.92 Å². The van der Waals surface area contributed by atoms with Gasteiger partial charge in [-0.3, -0.25) is 9.59 Å². The van der Waals surface area contributed by atoms with E-state index in [0.29, 0.717) is 17.9 Å². The zero-order valence-corrected chi connectivity index (χ0v) is 12.9. The number of amides is 1. The third kappa shape index (κ3) is 4.10. The normalized spacial score (nSPS) is 19.0. The average molecular weight is 333 g/mol. The molecule has 2 heterocycles. The highest BCUT2D eigenvalue weighted by Gasteiger charge is 2.44. The van der Waals surface area contributed by atoms with Crippen LogP contribution in [0.5, 0.6) is 0 Å². The summed E-state index contributed by atoms with van der Waals surface area (Å²) in [4.78, 5) is 32.0. The van der Waals surface area contributed by atoms with E-state index < -0.39 is 30.3 Å². The number of halogens is 3. The van der Waals surface area contributed by atoms with Crippen LogP contribution >= 0.6 is 0 Å². The van der Waals surface area contributed by atoms with Crippen LogP contribution in [-0.4, -0.2) is 52.8 Å². The Hall–Kier alpha value is -1.90. The summed E-state index contributed by atoms with van der Waals surface area (Å²) in [7, 11) is 0. The first-order valence-corrected chi connectivity index (χ1v) is 7.27. The highest BCUT2D eigenvalue weighted by atomic mass is 19.4. The lowest BCUT2D eigenvalue weighted by atomic mass is 10.1. The lowest BCUT2D eigenvalue weighted by molar-refractivity contribution is -0.236. The molecule has 0 radical (unpaired) electrons. The molecule has 0 spiro atoms. The van der Waals surface area contributed by atoms with Crippen LogP contribution in [0.25, 0.3) is 0 Å². The molecular formula is C14H18F3N3O3. The lowest BCUT2D eigenvalue weighted by Crippen LogP contribution is -2.51. The molecule has 128 valence electrons. The van der Waals surface area contributed by atoms with Crippen LogP contribution in [0.1, 0.15) is 24.0 Å². The maximum atomic E-state index is 12.7. The van der Waals surface area contributed by atoms with E-state index in [2.05, 4.69) is 14.7 Å². The number of aromatic nitrogens is 2. The third-order valence-electron chi connectivity index (χ3n) is 3.72. The number of H-pyrrole nitrogens is 1. The minimum Gasteiger partial charge on any atom is -0.365 e. The van der Waals surface area contributed by atoms with Gasteiger partial charge in [-0.2, -0.15) is 13.2 Å². The summed E-state index contributed by atoms with van der Waals surface area (Å²) in [6.07, 6.45) is -6.24. The Morgan fingerprint density at radius 1 is 1.48 bits per heavy atom. The molecule has 23 heavy (non-hydrogen) atoms. The molecule has 1 atom stereocenters. The quantitative estimate of drug-likeness (QED) is 0.894. The Morgan fingerprint density at radius 3 is 2.74 bits per heavy atom. The van der Waals surface area contributed by atoms with Crippen molar-refractivity contribution in [3.05, 3.63) is 27.4 Å². The van der Waals surface area contributed by atoms with Crippen LogP contribution < -0.4 is 5.56 Å². The molecule has 0 bridgehead atoms. The van der Waals surface area contributed by atoms with Crippen LogP contribution in [0.2, 0.25) is 0 Å². The molecule has 1 fully saturated rings. The topological polar surface area (TPSA) is 75.3 Å². The van der Waals surface area contributed by atoms with E-state index in [4.69, 9.17) is 0 Å². The molecule has 1 aromatic rings. The molecule has 0 saturated carbocycles. The number of rotatable bonds is 3. The third-order valence-corrected chi connectivity index (χ3v) is 3.72. The Balaban J connectivity index is 2.12. The first-order valence-electron chi connectivity index (χ1n) is 7.27. The van der Waals surface area contributed by atoms with E-state index in [1.165, 1.54) is 0 Å². The van der Waals surface area contributed by atoms with Crippen molar-refractivity contribution in [2.24, 2.45) is 0 Å². The molecule has 1 saturated heterocycles. The number of aromatic amines is 1. The average Bonchev–Trinajstić information content (AvgIpc) is 2.49. The summed E-state index contributed by atoms with van der Waals surface area (Å²) in [5, 5.41) is 0. The predicted octanol–water partition coefficient (Wildman–Crippen LogP) is 0.973. The smallest absolute Gasteiger partial charge is 0.365 e. The molecule has 1 unspecified atom stereocenters. The zero-order valence-electron chi connectivity index (χ0n) is 12.9. The van der Waals surface area contributed by atoms with Crippen molar-refractivity contribution in [3.63, 3.8) is 0 Å². The van der Waals surface area contributed by atoms with Crippen molar-refractivity contribution >= 4 is 5.91 Å². The van der Waals surface area contributed by atoms with Gasteiger partial charge in [-0.1, -0.05) is 6.92 Å². The fourth-order valence-electron chi connectivity index (χ4n) is 2.38. The number of alkyl halides is 3. The van der Waals surface area contributed by atoms with Crippen molar-refractivity contribution in [1.82, 2.24) is 14.9 Å². The van der Waals surface area contributed by atoms with Crippen molar-refractivity contribution in [2.45, 2.75) is 39.0 Å². The summed E-state index contributed by atoms with van der Waals surface area (Å²) in [5.74, 6) is -0.0330. The van der Waals surface area contributed by atoms with Gasteiger partial charge in [-0.25, -0.2) is 4.98 Å². The molecule has 2 rings (SSSR count). The molecule has 1 aromatic heterocycles. The van der Waals surface area contributed by atoms with Crippen LogP contribution in [-0.2, 0) is 22.4 Å². The second-order valence-electron chi connectivity index (χ2n) is 5.35. The maximum absolute atomic E-state index is 12.7. The summed E-state index contributed by atoms with van der Waals surface area (Å²) in [6, 6.07) is 0. The number of aryl methyl sites for hydroxylation is 2. The fraction of sp³-hybridized carbons (Fsp3) is 0.643. The highest BCUT2D eigenvalue weighted by molar-refractivity contribution is 5.79. The minimum absolute atomic E-state index is 0.0723. The van der Waals surface area contributed by atoms with Crippen LogP contribution in [0, 0.1) is 6.92 Å². The van der Waals surface area contributed by atoms with E-state index >= 15 is 0 Å². The minimum atomic E-state index is -4.52. The molecule has 1 amide bonds. The standard InChI is InChI=1S/C14H18F3N3O3/c1-3-11-18-8(2)9(13(22)19-11)6-12(21)20-4-5-23-10(7-20)14(15,16)17/h10H,3-7H2,1-2H3,(H,18,19,22). The van der Waals surface area contributed by atoms with Crippen molar-refractivity contribution in [1.29, 1.82) is 0 Å². The van der Waals surface area contributed by atoms with Crippen molar-refractivity contribution in [3.8, 4) is 0 Å². The number of hydrogen-bond acceptors (Lipinski definition) is 4. The van der Waals surface area contributed by atoms with Gasteiger partial charge in [-0.15, -0.1) is 0 Å². The summed E-state index contributed by atoms with van der Waals surface area (Å²) >= 11 is 0. The molecule has 1 aliphatic heterocycles. The molecular weight excluding hydrogens is 315 g/mol. The van der Waals surface area contributed by atoms with Gasteiger partial charge < -0.3 is 14.6 Å². The first kappa shape index (κ1) is 17.5. The van der Waals surface area contributed by atoms with Gasteiger partial charge in [0.15, 0.2) is 6.10 Å². The van der Waals surface area contributed by atoms with Gasteiger partial charge in [0, 0.05) is 24.2 Å². The zero-order chi connectivity index (χ0) is 17.2. The van der Waals surface area contributed by atoms with Gasteiger partial charge in [0.2, 0.25) is 5.91 Å². The Morgan fingerprint density at radius 2 is 2.17 bits per heavy atom. The summed E-state index contributed by atoms with van der Waals surface area (Å²) in [6.45, 7) is 2.77. The largest absolute Gasteiger partial charge is 0.416 e. The Bertz CT molecular complexity index is 642. The SMILES string of the molecule is CCc1nc(C)c(CC(=O)N2CCOC(C(F)(F)F)C2)c(=O)[nH]1. The van der Waals surface area contributed by atoms with Crippen molar-refractivity contribution in [2.75, 3.05) is 19.7 Å². The highest BCUT2D eigenvalue weighted by Crippen LogP contribution is 2.25. The molecule has 1 aliphatic rings. The Labute approximate surface area is 130 Å². The van der Waals surface area contributed by atoms with E-state index in [9.17, 15) is 22.8 Å². The molecule has 6 nitrogen and oxygen atoms in total. The second kappa shape index (κ2) is 6.69. The van der Waals surface area contributed by atoms with Gasteiger partial charge in [0.1, 0.15) is 5.82 Å². The molecule has 9 heteroatoms. The van der Waals surface area contributed by atoms with Gasteiger partial charge in [0.25, 0.3) is 5.56 Å². The lowest BCUT2D eigenvalue weighted by Gasteiger charge is -2.33. The van der Waals surface area contributed by atoms with Crippen molar-refractivity contribution < 1.29 is 22.7 Å². The number of carbonyl (C=O) groups is 1. The summed E-state index contributed by atoms with van der Waals surface area (Å²) in [5.41, 5.74) is 0.171. The number of ether oxygens (including phenoxy) is 1. The first-order chi connectivity index (χ1) is 10.7. The van der Waals surface area contributed by atoms with Gasteiger partial charge in [-0.05, 0) is 6.92 Å². The molecule has 0 aromatic carbocycles.